The molecule has 6 nitrogen and oxygen atoms in total. The number of rotatable bonds is 3. The molecule has 2 N–H and O–H groups in total. The first-order chi connectivity index (χ1) is 8.00. The lowest BCUT2D eigenvalue weighted by atomic mass is 10.0. The Kier molecular flexibility index (Phi) is 3.50. The summed E-state index contributed by atoms with van der Waals surface area (Å²) in [4.78, 5) is 2.81. The molecular weight excluding hydrogens is 240 g/mol. The van der Waals surface area contributed by atoms with Gasteiger partial charge in [-0.15, -0.1) is 4.83 Å². The molecule has 1 aliphatic heterocycles. The van der Waals surface area contributed by atoms with Crippen LogP contribution < -0.4 is 4.83 Å². The molecule has 0 radical (unpaired) electrons. The van der Waals surface area contributed by atoms with Crippen LogP contribution in [0, 0.1) is 0 Å². The van der Waals surface area contributed by atoms with Gasteiger partial charge in [0.2, 0.25) is 0 Å². The smallest absolute Gasteiger partial charge is 0.256 e. The van der Waals surface area contributed by atoms with E-state index in [4.69, 9.17) is 0 Å². The molecule has 2 heterocycles. The quantitative estimate of drug-likeness (QED) is 0.843. The van der Waals surface area contributed by atoms with Crippen LogP contribution in [0.4, 0.5) is 0 Å². The van der Waals surface area contributed by atoms with Crippen LogP contribution in [0.1, 0.15) is 33.1 Å². The maximum Gasteiger partial charge on any atom is 0.256 e. The van der Waals surface area contributed by atoms with Gasteiger partial charge in [-0.2, -0.15) is 5.10 Å². The van der Waals surface area contributed by atoms with Crippen molar-refractivity contribution in [1.82, 2.24) is 20.0 Å². The fourth-order valence-corrected chi connectivity index (χ4v) is 3.32. The van der Waals surface area contributed by atoms with Gasteiger partial charge in [0.1, 0.15) is 4.90 Å². The molecule has 1 saturated heterocycles. The molecule has 0 spiro atoms. The second-order valence-corrected chi connectivity index (χ2v) is 6.23. The van der Waals surface area contributed by atoms with E-state index in [1.165, 1.54) is 12.4 Å². The fraction of sp³-hybridized carbons (Fsp3) is 0.700. The number of hydrogen-bond acceptors (Lipinski definition) is 4. The summed E-state index contributed by atoms with van der Waals surface area (Å²) in [7, 11) is -3.50. The zero-order valence-corrected chi connectivity index (χ0v) is 10.9. The number of aromatic nitrogens is 2. The minimum atomic E-state index is -3.50. The van der Waals surface area contributed by atoms with E-state index in [2.05, 4.69) is 15.0 Å². The average molecular weight is 258 g/mol. The highest BCUT2D eigenvalue weighted by Crippen LogP contribution is 2.21. The Morgan fingerprint density at radius 1 is 1.41 bits per heavy atom. The van der Waals surface area contributed by atoms with Gasteiger partial charge >= 0.3 is 0 Å². The average Bonchev–Trinajstić information content (AvgIpc) is 2.77. The Labute approximate surface area is 101 Å². The first-order valence-corrected chi connectivity index (χ1v) is 7.28. The molecule has 1 aliphatic rings. The second-order valence-electron chi connectivity index (χ2n) is 4.56. The molecule has 2 unspecified atom stereocenters. The maximum absolute atomic E-state index is 12.0. The Hall–Kier alpha value is -0.920. The summed E-state index contributed by atoms with van der Waals surface area (Å²) in [6.45, 7) is 4.07. The molecule has 1 fully saturated rings. The molecule has 0 amide bonds. The Morgan fingerprint density at radius 3 is 2.59 bits per heavy atom. The normalized spacial score (nSPS) is 27.2. The lowest BCUT2D eigenvalue weighted by Crippen LogP contribution is -2.53. The van der Waals surface area contributed by atoms with Crippen LogP contribution in [0.2, 0.25) is 0 Å². The summed E-state index contributed by atoms with van der Waals surface area (Å²) < 4.78 is 24.1. The summed E-state index contributed by atoms with van der Waals surface area (Å²) in [6.07, 6.45) is 5.85. The van der Waals surface area contributed by atoms with Crippen molar-refractivity contribution >= 4 is 10.0 Å². The van der Waals surface area contributed by atoms with Crippen molar-refractivity contribution < 1.29 is 8.42 Å². The van der Waals surface area contributed by atoms with Gasteiger partial charge < -0.3 is 0 Å². The van der Waals surface area contributed by atoms with Crippen molar-refractivity contribution in [3.8, 4) is 0 Å². The van der Waals surface area contributed by atoms with E-state index >= 15 is 0 Å². The van der Waals surface area contributed by atoms with Crippen molar-refractivity contribution in [2.75, 3.05) is 0 Å². The third-order valence-electron chi connectivity index (χ3n) is 3.20. The number of hydrazine groups is 1. The zero-order valence-electron chi connectivity index (χ0n) is 10.0. The number of nitrogens with one attached hydrogen (secondary N) is 2. The monoisotopic (exact) mass is 258 g/mol. The molecular formula is C10H18N4O2S. The summed E-state index contributed by atoms with van der Waals surface area (Å²) >= 11 is 0. The summed E-state index contributed by atoms with van der Waals surface area (Å²) in [5.74, 6) is 0. The molecule has 1 aromatic rings. The van der Waals surface area contributed by atoms with Crippen LogP contribution >= 0.6 is 0 Å². The molecule has 96 valence electrons. The Balaban J connectivity index is 2.15. The lowest BCUT2D eigenvalue weighted by Gasteiger charge is -2.38. The SMILES string of the molecule is CC1CCCC(C)N1NS(=O)(=O)c1cn[nH]c1. The predicted molar refractivity (Wildman–Crippen MR) is 63.5 cm³/mol. The van der Waals surface area contributed by atoms with E-state index in [-0.39, 0.29) is 17.0 Å². The minimum absolute atomic E-state index is 0.169. The van der Waals surface area contributed by atoms with E-state index in [1.807, 2.05) is 18.9 Å². The van der Waals surface area contributed by atoms with E-state index < -0.39 is 10.0 Å². The van der Waals surface area contributed by atoms with Crippen LogP contribution in [0.15, 0.2) is 17.3 Å². The zero-order chi connectivity index (χ0) is 12.5. The van der Waals surface area contributed by atoms with Gasteiger partial charge in [-0.25, -0.2) is 13.4 Å². The highest BCUT2D eigenvalue weighted by Gasteiger charge is 2.29. The number of piperidine rings is 1. The standard InChI is InChI=1S/C10H18N4O2S/c1-8-4-3-5-9(2)14(8)13-17(15,16)10-6-11-12-7-10/h6-9,13H,3-5H2,1-2H3,(H,11,12). The molecule has 0 aliphatic carbocycles. The highest BCUT2D eigenvalue weighted by atomic mass is 32.2. The lowest BCUT2D eigenvalue weighted by molar-refractivity contribution is 0.0790. The largest absolute Gasteiger partial charge is 0.284 e. The number of nitrogens with zero attached hydrogens (tertiary/aromatic N) is 2. The summed E-state index contributed by atoms with van der Waals surface area (Å²) in [5.41, 5.74) is 0. The van der Waals surface area contributed by atoms with Gasteiger partial charge in [0, 0.05) is 18.3 Å². The molecule has 0 saturated carbocycles. The van der Waals surface area contributed by atoms with Gasteiger partial charge in [0.05, 0.1) is 6.20 Å². The fourth-order valence-electron chi connectivity index (χ4n) is 2.18. The molecule has 2 rings (SSSR count). The molecule has 1 aromatic heterocycles. The molecule has 7 heteroatoms. The van der Waals surface area contributed by atoms with Crippen LogP contribution in [-0.4, -0.2) is 35.7 Å². The number of hydrogen-bond donors (Lipinski definition) is 2. The third kappa shape index (κ3) is 2.67. The molecule has 2 atom stereocenters. The van der Waals surface area contributed by atoms with Gasteiger partial charge in [-0.1, -0.05) is 6.42 Å². The number of sulfonamides is 1. The summed E-state index contributed by atoms with van der Waals surface area (Å²) in [6, 6.07) is 0.445. The van der Waals surface area contributed by atoms with Crippen LogP contribution in [0.25, 0.3) is 0 Å². The predicted octanol–water partition coefficient (Wildman–Crippen LogP) is 0.866. The van der Waals surface area contributed by atoms with Crippen LogP contribution in [0.3, 0.4) is 0 Å². The van der Waals surface area contributed by atoms with E-state index in [9.17, 15) is 8.42 Å². The van der Waals surface area contributed by atoms with Crippen molar-refractivity contribution in [3.05, 3.63) is 12.4 Å². The Bertz CT molecular complexity index is 447. The first-order valence-electron chi connectivity index (χ1n) is 5.80. The van der Waals surface area contributed by atoms with Crippen LogP contribution in [-0.2, 0) is 10.0 Å². The second kappa shape index (κ2) is 4.75. The van der Waals surface area contributed by atoms with Gasteiger partial charge in [-0.3, -0.25) is 5.10 Å². The third-order valence-corrected chi connectivity index (χ3v) is 4.50. The summed E-state index contributed by atoms with van der Waals surface area (Å²) in [5, 5.41) is 7.99. The Morgan fingerprint density at radius 2 is 2.06 bits per heavy atom. The molecule has 0 bridgehead atoms. The van der Waals surface area contributed by atoms with Crippen molar-refractivity contribution in [1.29, 1.82) is 0 Å². The van der Waals surface area contributed by atoms with E-state index in [0.29, 0.717) is 0 Å². The highest BCUT2D eigenvalue weighted by molar-refractivity contribution is 7.89. The molecule has 0 aromatic carbocycles. The van der Waals surface area contributed by atoms with Crippen molar-refractivity contribution in [2.45, 2.75) is 50.1 Å². The van der Waals surface area contributed by atoms with Gasteiger partial charge in [0.25, 0.3) is 10.0 Å². The van der Waals surface area contributed by atoms with E-state index in [0.717, 1.165) is 19.3 Å². The first kappa shape index (κ1) is 12.5. The van der Waals surface area contributed by atoms with Gasteiger partial charge in [-0.05, 0) is 26.7 Å². The number of H-pyrrole nitrogens is 1. The van der Waals surface area contributed by atoms with Gasteiger partial charge in [0.15, 0.2) is 0 Å². The van der Waals surface area contributed by atoms with Crippen molar-refractivity contribution in [2.24, 2.45) is 0 Å². The van der Waals surface area contributed by atoms with E-state index in [1.54, 1.807) is 0 Å². The van der Waals surface area contributed by atoms with Crippen molar-refractivity contribution in [3.63, 3.8) is 0 Å². The minimum Gasteiger partial charge on any atom is -0.284 e. The number of aromatic amines is 1. The topological polar surface area (TPSA) is 78.1 Å². The maximum atomic E-state index is 12.0. The molecule has 17 heavy (non-hydrogen) atoms. The van der Waals surface area contributed by atoms with Crippen LogP contribution in [0.5, 0.6) is 0 Å².